The van der Waals surface area contributed by atoms with Crippen LogP contribution in [0.15, 0.2) is 29.6 Å². The van der Waals surface area contributed by atoms with E-state index in [1.54, 1.807) is 25.2 Å². The molecule has 1 atom stereocenters. The summed E-state index contributed by atoms with van der Waals surface area (Å²) in [5, 5.41) is 7.69. The number of ether oxygens (including phenoxy) is 2. The van der Waals surface area contributed by atoms with E-state index in [4.69, 9.17) is 9.47 Å². The molecule has 0 unspecified atom stereocenters. The summed E-state index contributed by atoms with van der Waals surface area (Å²) in [6.45, 7) is 3.31. The molecule has 1 aliphatic heterocycles. The summed E-state index contributed by atoms with van der Waals surface area (Å²) in [4.78, 5) is 27.5. The highest BCUT2D eigenvalue weighted by atomic mass is 32.1. The Hall–Kier alpha value is -2.74. The molecule has 0 saturated carbocycles. The normalized spacial score (nSPS) is 15.5. The van der Waals surface area contributed by atoms with Crippen LogP contribution in [0.4, 0.5) is 4.79 Å². The lowest BCUT2D eigenvalue weighted by Gasteiger charge is -2.37. The van der Waals surface area contributed by atoms with E-state index in [2.05, 4.69) is 10.6 Å². The molecular weight excluding hydrogens is 378 g/mol. The molecule has 1 aromatic carbocycles. The number of nitrogens with one attached hydrogen (secondary N) is 2. The maximum absolute atomic E-state index is 12.6. The van der Waals surface area contributed by atoms with Crippen LogP contribution >= 0.6 is 11.3 Å². The molecule has 150 valence electrons. The van der Waals surface area contributed by atoms with Crippen LogP contribution in [0.1, 0.15) is 33.8 Å². The van der Waals surface area contributed by atoms with E-state index in [1.165, 1.54) is 11.3 Å². The first-order valence-corrected chi connectivity index (χ1v) is 10.1. The zero-order chi connectivity index (χ0) is 20.1. The Labute approximate surface area is 168 Å². The monoisotopic (exact) mass is 403 g/mol. The minimum absolute atomic E-state index is 0.140. The number of hydrogen-bond acceptors (Lipinski definition) is 5. The fourth-order valence-corrected chi connectivity index (χ4v) is 4.07. The number of methoxy groups -OCH3 is 2. The van der Waals surface area contributed by atoms with Gasteiger partial charge in [-0.25, -0.2) is 4.79 Å². The van der Waals surface area contributed by atoms with Crippen molar-refractivity contribution in [1.29, 1.82) is 0 Å². The molecule has 1 aromatic heterocycles. The number of benzene rings is 1. The first kappa shape index (κ1) is 20.0. The molecule has 2 heterocycles. The Morgan fingerprint density at radius 1 is 1.21 bits per heavy atom. The SMILES string of the molecule is CCNC(=O)N1CCc2cc(OC)c(OC)cc2[C@H]1CNC(=O)c1cccs1. The van der Waals surface area contributed by atoms with E-state index < -0.39 is 0 Å². The molecular formula is C20H25N3O4S. The Bertz CT molecular complexity index is 838. The average molecular weight is 404 g/mol. The summed E-state index contributed by atoms with van der Waals surface area (Å²) in [5.74, 6) is 1.13. The van der Waals surface area contributed by atoms with Gasteiger partial charge >= 0.3 is 6.03 Å². The second kappa shape index (κ2) is 8.97. The van der Waals surface area contributed by atoms with Gasteiger partial charge in [-0.15, -0.1) is 11.3 Å². The van der Waals surface area contributed by atoms with E-state index in [9.17, 15) is 9.59 Å². The number of urea groups is 1. The van der Waals surface area contributed by atoms with Gasteiger partial charge in [0.15, 0.2) is 11.5 Å². The van der Waals surface area contributed by atoms with Gasteiger partial charge in [-0.1, -0.05) is 6.07 Å². The minimum atomic E-state index is -0.293. The van der Waals surface area contributed by atoms with Crippen LogP contribution in [0.25, 0.3) is 0 Å². The van der Waals surface area contributed by atoms with Gasteiger partial charge < -0.3 is 25.0 Å². The standard InChI is InChI=1S/C20H25N3O4S/c1-4-21-20(25)23-8-7-13-10-16(26-2)17(27-3)11-14(13)15(23)12-22-19(24)18-6-5-9-28-18/h5-6,9-11,15H,4,7-8,12H2,1-3H3,(H,21,25)(H,22,24)/t15-/m1/s1. The maximum atomic E-state index is 12.6. The zero-order valence-electron chi connectivity index (χ0n) is 16.3. The van der Waals surface area contributed by atoms with E-state index in [0.717, 1.165) is 11.1 Å². The van der Waals surface area contributed by atoms with Crippen LogP contribution < -0.4 is 20.1 Å². The Morgan fingerprint density at radius 3 is 2.61 bits per heavy atom. The molecule has 8 heteroatoms. The molecule has 0 spiro atoms. The van der Waals surface area contributed by atoms with Crippen molar-refractivity contribution in [2.45, 2.75) is 19.4 Å². The highest BCUT2D eigenvalue weighted by molar-refractivity contribution is 7.12. The highest BCUT2D eigenvalue weighted by Gasteiger charge is 2.32. The van der Waals surface area contributed by atoms with Gasteiger partial charge in [0.25, 0.3) is 5.91 Å². The van der Waals surface area contributed by atoms with E-state index >= 15 is 0 Å². The Kier molecular flexibility index (Phi) is 6.41. The predicted molar refractivity (Wildman–Crippen MR) is 108 cm³/mol. The summed E-state index contributed by atoms with van der Waals surface area (Å²) in [7, 11) is 3.19. The van der Waals surface area contributed by atoms with Gasteiger partial charge in [-0.3, -0.25) is 4.79 Å². The fraction of sp³-hybridized carbons (Fsp3) is 0.400. The van der Waals surface area contributed by atoms with E-state index in [0.29, 0.717) is 42.4 Å². The lowest BCUT2D eigenvalue weighted by molar-refractivity contribution is 0.0938. The van der Waals surface area contributed by atoms with Crippen LogP contribution in [-0.4, -0.2) is 50.7 Å². The lowest BCUT2D eigenvalue weighted by atomic mass is 9.91. The van der Waals surface area contributed by atoms with Gasteiger partial charge in [-0.2, -0.15) is 0 Å². The molecule has 0 saturated heterocycles. The summed E-state index contributed by atoms with van der Waals surface area (Å²) in [6, 6.07) is 7.05. The summed E-state index contributed by atoms with van der Waals surface area (Å²) in [6.07, 6.45) is 0.711. The number of fused-ring (bicyclic) bond motifs is 1. The zero-order valence-corrected chi connectivity index (χ0v) is 17.1. The number of hydrogen-bond donors (Lipinski definition) is 2. The van der Waals surface area contributed by atoms with Gasteiger partial charge in [0, 0.05) is 19.6 Å². The van der Waals surface area contributed by atoms with Crippen LogP contribution in [0.3, 0.4) is 0 Å². The molecule has 0 aliphatic carbocycles. The third-order valence-electron chi connectivity index (χ3n) is 4.79. The van der Waals surface area contributed by atoms with Gasteiger partial charge in [0.2, 0.25) is 0 Å². The number of carbonyl (C=O) groups is 2. The number of rotatable bonds is 6. The first-order chi connectivity index (χ1) is 13.6. The van der Waals surface area contributed by atoms with Crippen LogP contribution in [-0.2, 0) is 6.42 Å². The van der Waals surface area contributed by atoms with Crippen molar-refractivity contribution in [3.63, 3.8) is 0 Å². The first-order valence-electron chi connectivity index (χ1n) is 9.20. The van der Waals surface area contributed by atoms with Crippen molar-refractivity contribution in [3.8, 4) is 11.5 Å². The third kappa shape index (κ3) is 4.06. The van der Waals surface area contributed by atoms with Crippen molar-refractivity contribution < 1.29 is 19.1 Å². The van der Waals surface area contributed by atoms with E-state index in [1.807, 2.05) is 30.5 Å². The van der Waals surface area contributed by atoms with Crippen molar-refractivity contribution in [1.82, 2.24) is 15.5 Å². The Morgan fingerprint density at radius 2 is 1.96 bits per heavy atom. The van der Waals surface area contributed by atoms with Crippen LogP contribution in [0, 0.1) is 0 Å². The quantitative estimate of drug-likeness (QED) is 0.777. The summed E-state index contributed by atoms with van der Waals surface area (Å²) >= 11 is 1.39. The Balaban J connectivity index is 1.91. The fourth-order valence-electron chi connectivity index (χ4n) is 3.43. The van der Waals surface area contributed by atoms with Crippen molar-refractivity contribution in [2.24, 2.45) is 0 Å². The highest BCUT2D eigenvalue weighted by Crippen LogP contribution is 2.38. The van der Waals surface area contributed by atoms with Gasteiger partial charge in [0.1, 0.15) is 0 Å². The number of carbonyl (C=O) groups excluding carboxylic acids is 2. The third-order valence-corrected chi connectivity index (χ3v) is 5.66. The van der Waals surface area contributed by atoms with Gasteiger partial charge in [0.05, 0.1) is 25.1 Å². The molecule has 3 rings (SSSR count). The molecule has 1 aliphatic rings. The average Bonchev–Trinajstić information content (AvgIpc) is 3.25. The number of amides is 3. The second-order valence-electron chi connectivity index (χ2n) is 6.39. The number of nitrogens with zero attached hydrogens (tertiary/aromatic N) is 1. The molecule has 28 heavy (non-hydrogen) atoms. The molecule has 7 nitrogen and oxygen atoms in total. The molecule has 0 fully saturated rings. The minimum Gasteiger partial charge on any atom is -0.493 e. The second-order valence-corrected chi connectivity index (χ2v) is 7.34. The smallest absolute Gasteiger partial charge is 0.317 e. The topological polar surface area (TPSA) is 79.9 Å². The van der Waals surface area contributed by atoms with Crippen molar-refractivity contribution in [2.75, 3.05) is 33.9 Å². The maximum Gasteiger partial charge on any atom is 0.317 e. The van der Waals surface area contributed by atoms with Crippen molar-refractivity contribution in [3.05, 3.63) is 45.6 Å². The molecule has 3 amide bonds. The molecule has 2 N–H and O–H groups in total. The molecule has 2 aromatic rings. The summed E-state index contributed by atoms with van der Waals surface area (Å²) < 4.78 is 10.9. The molecule has 0 bridgehead atoms. The largest absolute Gasteiger partial charge is 0.493 e. The van der Waals surface area contributed by atoms with E-state index in [-0.39, 0.29) is 18.0 Å². The van der Waals surface area contributed by atoms with Crippen molar-refractivity contribution >= 4 is 23.3 Å². The summed E-state index contributed by atoms with van der Waals surface area (Å²) in [5.41, 5.74) is 2.05. The lowest BCUT2D eigenvalue weighted by Crippen LogP contribution is -2.49. The molecule has 0 radical (unpaired) electrons. The van der Waals surface area contributed by atoms with Gasteiger partial charge in [-0.05, 0) is 48.1 Å². The predicted octanol–water partition coefficient (Wildman–Crippen LogP) is 2.82. The van der Waals surface area contributed by atoms with Crippen LogP contribution in [0.2, 0.25) is 0 Å². The van der Waals surface area contributed by atoms with Crippen LogP contribution in [0.5, 0.6) is 11.5 Å². The number of thiophene rings is 1.